The molecular formula is C8H10O. The Morgan fingerprint density at radius 2 is 2.22 bits per heavy atom. The first kappa shape index (κ1) is 6.27. The van der Waals surface area contributed by atoms with Crippen molar-refractivity contribution in [2.45, 2.75) is 12.8 Å². The Bertz CT molecular complexity index is 152. The summed E-state index contributed by atoms with van der Waals surface area (Å²) >= 11 is 0. The van der Waals surface area contributed by atoms with Gasteiger partial charge in [-0.25, -0.2) is 0 Å². The molecule has 0 spiro atoms. The molecule has 0 bridgehead atoms. The van der Waals surface area contributed by atoms with Crippen LogP contribution in [0.3, 0.4) is 0 Å². The Balaban J connectivity index is 2.33. The number of ketones is 1. The van der Waals surface area contributed by atoms with Crippen molar-refractivity contribution in [3.63, 3.8) is 0 Å². The third-order valence-corrected chi connectivity index (χ3v) is 1.38. The van der Waals surface area contributed by atoms with Crippen molar-refractivity contribution in [3.05, 3.63) is 24.8 Å². The molecular weight excluding hydrogens is 112 g/mol. The number of carbonyl (C=O) groups is 1. The molecule has 9 heavy (non-hydrogen) atoms. The van der Waals surface area contributed by atoms with Gasteiger partial charge in [-0.2, -0.15) is 0 Å². The fourth-order valence-corrected chi connectivity index (χ4v) is 0.667. The van der Waals surface area contributed by atoms with Gasteiger partial charge in [0.15, 0.2) is 5.78 Å². The lowest BCUT2D eigenvalue weighted by Crippen LogP contribution is -1.92. The summed E-state index contributed by atoms with van der Waals surface area (Å²) in [5.74, 6) is 0.608. The smallest absolute Gasteiger partial charge is 0.158 e. The zero-order valence-electron chi connectivity index (χ0n) is 5.34. The summed E-state index contributed by atoms with van der Waals surface area (Å²) in [7, 11) is 0. The molecule has 1 rings (SSSR count). The maximum Gasteiger partial charge on any atom is 0.158 e. The first-order valence-electron chi connectivity index (χ1n) is 3.17. The molecule has 1 aliphatic rings. The van der Waals surface area contributed by atoms with Gasteiger partial charge in [0, 0.05) is 5.92 Å². The van der Waals surface area contributed by atoms with Crippen molar-refractivity contribution < 1.29 is 4.79 Å². The zero-order chi connectivity index (χ0) is 6.69. The van der Waals surface area contributed by atoms with E-state index in [1.165, 1.54) is 0 Å². The third-order valence-electron chi connectivity index (χ3n) is 1.38. The molecule has 0 heterocycles. The van der Waals surface area contributed by atoms with Crippen LogP contribution in [0, 0.1) is 5.92 Å². The van der Waals surface area contributed by atoms with E-state index < -0.39 is 0 Å². The molecule has 1 aliphatic carbocycles. The van der Waals surface area contributed by atoms with Crippen LogP contribution in [-0.2, 0) is 4.79 Å². The summed E-state index contributed by atoms with van der Waals surface area (Å²) in [5.41, 5.74) is 0. The Labute approximate surface area is 55.1 Å². The van der Waals surface area contributed by atoms with Gasteiger partial charge in [0.05, 0.1) is 0 Å². The lowest BCUT2D eigenvalue weighted by molar-refractivity contribution is -0.115. The average molecular weight is 122 g/mol. The summed E-state index contributed by atoms with van der Waals surface area (Å²) in [4.78, 5) is 10.8. The highest BCUT2D eigenvalue weighted by Crippen LogP contribution is 2.29. The lowest BCUT2D eigenvalue weighted by atomic mass is 10.2. The van der Waals surface area contributed by atoms with Gasteiger partial charge < -0.3 is 0 Å². The topological polar surface area (TPSA) is 17.1 Å². The molecule has 0 saturated heterocycles. The van der Waals surface area contributed by atoms with Crippen molar-refractivity contribution in [3.8, 4) is 0 Å². The molecule has 0 N–H and O–H groups in total. The van der Waals surface area contributed by atoms with Gasteiger partial charge in [-0.3, -0.25) is 4.79 Å². The molecule has 0 aliphatic heterocycles. The van der Waals surface area contributed by atoms with Crippen LogP contribution in [0.1, 0.15) is 12.8 Å². The first-order valence-corrected chi connectivity index (χ1v) is 3.17. The lowest BCUT2D eigenvalue weighted by Gasteiger charge is -1.82. The Hall–Kier alpha value is -0.850. The molecule has 1 heteroatoms. The van der Waals surface area contributed by atoms with Gasteiger partial charge >= 0.3 is 0 Å². The van der Waals surface area contributed by atoms with Gasteiger partial charge in [-0.15, -0.1) is 0 Å². The summed E-state index contributed by atoms with van der Waals surface area (Å²) in [6, 6.07) is 0. The molecule has 0 aromatic carbocycles. The minimum Gasteiger partial charge on any atom is -0.295 e. The van der Waals surface area contributed by atoms with Crippen LogP contribution in [0.15, 0.2) is 24.8 Å². The van der Waals surface area contributed by atoms with Gasteiger partial charge in [-0.1, -0.05) is 18.7 Å². The van der Waals surface area contributed by atoms with Gasteiger partial charge in [-0.05, 0) is 18.9 Å². The Kier molecular flexibility index (Phi) is 1.83. The van der Waals surface area contributed by atoms with E-state index in [0.29, 0.717) is 5.92 Å². The maximum atomic E-state index is 10.8. The predicted molar refractivity (Wildman–Crippen MR) is 37.1 cm³/mol. The largest absolute Gasteiger partial charge is 0.295 e. The van der Waals surface area contributed by atoms with Crippen LogP contribution in [0.4, 0.5) is 0 Å². The quantitative estimate of drug-likeness (QED) is 0.411. The van der Waals surface area contributed by atoms with E-state index in [4.69, 9.17) is 0 Å². The SMILES string of the molecule is C=CC=CC(=O)C1CC1. The second-order valence-electron chi connectivity index (χ2n) is 2.27. The van der Waals surface area contributed by atoms with E-state index in [0.717, 1.165) is 12.8 Å². The van der Waals surface area contributed by atoms with Crippen LogP contribution in [0.5, 0.6) is 0 Å². The molecule has 0 atom stereocenters. The standard InChI is InChI=1S/C8H10O/c1-2-3-4-8(9)7-5-6-7/h2-4,7H,1,5-6H2. The van der Waals surface area contributed by atoms with Crippen LogP contribution in [0.25, 0.3) is 0 Å². The van der Waals surface area contributed by atoms with Crippen LogP contribution in [0.2, 0.25) is 0 Å². The van der Waals surface area contributed by atoms with Crippen molar-refractivity contribution >= 4 is 5.78 Å². The second-order valence-corrected chi connectivity index (χ2v) is 2.27. The van der Waals surface area contributed by atoms with E-state index in [1.54, 1.807) is 18.2 Å². The Morgan fingerprint density at radius 1 is 1.56 bits per heavy atom. The van der Waals surface area contributed by atoms with E-state index in [2.05, 4.69) is 6.58 Å². The molecule has 1 saturated carbocycles. The Morgan fingerprint density at radius 3 is 2.67 bits per heavy atom. The summed E-state index contributed by atoms with van der Waals surface area (Å²) in [6.07, 6.45) is 7.09. The minimum absolute atomic E-state index is 0.259. The average Bonchev–Trinajstić information content (AvgIpc) is 2.63. The molecule has 48 valence electrons. The molecule has 1 fully saturated rings. The molecule has 0 amide bonds. The van der Waals surface area contributed by atoms with Crippen molar-refractivity contribution in [1.29, 1.82) is 0 Å². The predicted octanol–water partition coefficient (Wildman–Crippen LogP) is 1.71. The normalized spacial score (nSPS) is 18.2. The van der Waals surface area contributed by atoms with Crippen LogP contribution < -0.4 is 0 Å². The highest BCUT2D eigenvalue weighted by Gasteiger charge is 2.26. The molecule has 0 aromatic heterocycles. The van der Waals surface area contributed by atoms with E-state index in [-0.39, 0.29) is 5.78 Å². The van der Waals surface area contributed by atoms with Crippen molar-refractivity contribution in [2.75, 3.05) is 0 Å². The summed E-state index contributed by atoms with van der Waals surface area (Å²) in [6.45, 7) is 3.47. The monoisotopic (exact) mass is 122 g/mol. The third kappa shape index (κ3) is 1.84. The van der Waals surface area contributed by atoms with Gasteiger partial charge in [0.2, 0.25) is 0 Å². The van der Waals surface area contributed by atoms with E-state index in [1.807, 2.05) is 0 Å². The van der Waals surface area contributed by atoms with Gasteiger partial charge in [0.1, 0.15) is 0 Å². The first-order chi connectivity index (χ1) is 4.34. The van der Waals surface area contributed by atoms with Crippen molar-refractivity contribution in [2.24, 2.45) is 5.92 Å². The zero-order valence-corrected chi connectivity index (χ0v) is 5.34. The molecule has 0 aromatic rings. The molecule has 1 nitrogen and oxygen atoms in total. The highest BCUT2D eigenvalue weighted by molar-refractivity contribution is 5.93. The highest BCUT2D eigenvalue weighted by atomic mass is 16.1. The van der Waals surface area contributed by atoms with Crippen LogP contribution in [-0.4, -0.2) is 5.78 Å². The fourth-order valence-electron chi connectivity index (χ4n) is 0.667. The summed E-state index contributed by atoms with van der Waals surface area (Å²) in [5, 5.41) is 0. The number of hydrogen-bond donors (Lipinski definition) is 0. The molecule has 0 unspecified atom stereocenters. The van der Waals surface area contributed by atoms with Gasteiger partial charge in [0.25, 0.3) is 0 Å². The van der Waals surface area contributed by atoms with E-state index >= 15 is 0 Å². The maximum absolute atomic E-state index is 10.8. The fraction of sp³-hybridized carbons (Fsp3) is 0.375. The minimum atomic E-state index is 0.259. The second kappa shape index (κ2) is 2.62. The molecule has 0 radical (unpaired) electrons. The number of rotatable bonds is 3. The number of hydrogen-bond acceptors (Lipinski definition) is 1. The number of carbonyl (C=O) groups excluding carboxylic acids is 1. The number of allylic oxidation sites excluding steroid dienone is 3. The van der Waals surface area contributed by atoms with E-state index in [9.17, 15) is 4.79 Å². The summed E-state index contributed by atoms with van der Waals surface area (Å²) < 4.78 is 0. The van der Waals surface area contributed by atoms with Crippen LogP contribution >= 0.6 is 0 Å². The van der Waals surface area contributed by atoms with Crippen molar-refractivity contribution in [1.82, 2.24) is 0 Å².